The number of ketones is 1. The molecule has 0 aliphatic carbocycles. The fraction of sp³-hybridized carbons (Fsp3) is 0. The summed E-state index contributed by atoms with van der Waals surface area (Å²) in [6, 6.07) is 22.9. The van der Waals surface area contributed by atoms with E-state index in [0.717, 1.165) is 5.69 Å². The molecule has 2 nitrogen and oxygen atoms in total. The summed E-state index contributed by atoms with van der Waals surface area (Å²) in [4.78, 5) is 12.3. The van der Waals surface area contributed by atoms with Gasteiger partial charge in [0.1, 0.15) is 0 Å². The Labute approximate surface area is 118 Å². The van der Waals surface area contributed by atoms with E-state index in [4.69, 9.17) is 0 Å². The first kappa shape index (κ1) is 12.3. The van der Waals surface area contributed by atoms with Crippen LogP contribution in [0.5, 0.6) is 0 Å². The van der Waals surface area contributed by atoms with E-state index < -0.39 is 0 Å². The number of benzene rings is 2. The Morgan fingerprint density at radius 1 is 0.650 bits per heavy atom. The van der Waals surface area contributed by atoms with Crippen molar-refractivity contribution in [2.75, 3.05) is 0 Å². The number of carbonyl (C=O) groups is 1. The molecule has 3 aromatic rings. The van der Waals surface area contributed by atoms with E-state index in [0.29, 0.717) is 11.1 Å². The zero-order valence-corrected chi connectivity index (χ0v) is 10.9. The summed E-state index contributed by atoms with van der Waals surface area (Å²) in [5.41, 5.74) is 2.46. The van der Waals surface area contributed by atoms with Crippen LogP contribution in [0, 0.1) is 0 Å². The van der Waals surface area contributed by atoms with Crippen LogP contribution in [0.3, 0.4) is 0 Å². The predicted octanol–water partition coefficient (Wildman–Crippen LogP) is 3.19. The average molecular weight is 260 g/mol. The standard InChI is InChI=1S/C18H14NO/c20-18(15-7-3-1-4-8-15)16-9-11-17(12-10-16)19-13-5-2-6-14-19/h1-14H/q+1. The zero-order chi connectivity index (χ0) is 13.8. The minimum absolute atomic E-state index is 0.0511. The Bertz CT molecular complexity index is 703. The number of carbonyl (C=O) groups excluding carboxylic acids is 1. The Balaban J connectivity index is 1.89. The maximum absolute atomic E-state index is 12.3. The van der Waals surface area contributed by atoms with Crippen LogP contribution in [-0.4, -0.2) is 5.78 Å². The van der Waals surface area contributed by atoms with Crippen molar-refractivity contribution in [3.63, 3.8) is 0 Å². The molecule has 0 saturated heterocycles. The number of rotatable bonds is 3. The molecule has 2 aromatic carbocycles. The smallest absolute Gasteiger partial charge is 0.210 e. The van der Waals surface area contributed by atoms with Crippen molar-refractivity contribution in [1.82, 2.24) is 0 Å². The molecule has 1 aromatic heterocycles. The van der Waals surface area contributed by atoms with Crippen LogP contribution in [0.25, 0.3) is 5.69 Å². The fourth-order valence-corrected chi connectivity index (χ4v) is 2.11. The van der Waals surface area contributed by atoms with Crippen molar-refractivity contribution in [1.29, 1.82) is 0 Å². The van der Waals surface area contributed by atoms with Gasteiger partial charge in [0.15, 0.2) is 18.2 Å². The summed E-state index contributed by atoms with van der Waals surface area (Å²) in [6.07, 6.45) is 3.96. The second-order valence-electron chi connectivity index (χ2n) is 4.52. The molecule has 0 radical (unpaired) electrons. The molecule has 0 aliphatic rings. The van der Waals surface area contributed by atoms with E-state index in [1.807, 2.05) is 89.8 Å². The van der Waals surface area contributed by atoms with Crippen molar-refractivity contribution >= 4 is 5.78 Å². The molecule has 0 atom stereocenters. The first-order valence-electron chi connectivity index (χ1n) is 6.51. The van der Waals surface area contributed by atoms with E-state index >= 15 is 0 Å². The topological polar surface area (TPSA) is 20.9 Å². The Hall–Kier alpha value is -2.74. The highest BCUT2D eigenvalue weighted by molar-refractivity contribution is 6.08. The summed E-state index contributed by atoms with van der Waals surface area (Å²) in [5, 5.41) is 0. The molecule has 0 aliphatic heterocycles. The molecule has 0 unspecified atom stereocenters. The van der Waals surface area contributed by atoms with Crippen LogP contribution >= 0.6 is 0 Å². The highest BCUT2D eigenvalue weighted by Gasteiger charge is 2.10. The van der Waals surface area contributed by atoms with Gasteiger partial charge in [0.25, 0.3) is 0 Å². The third kappa shape index (κ3) is 2.50. The van der Waals surface area contributed by atoms with Crippen LogP contribution in [0.2, 0.25) is 0 Å². The Morgan fingerprint density at radius 3 is 1.85 bits per heavy atom. The minimum atomic E-state index is 0.0511. The summed E-state index contributed by atoms with van der Waals surface area (Å²) in [6.45, 7) is 0. The normalized spacial score (nSPS) is 10.2. The van der Waals surface area contributed by atoms with Crippen LogP contribution in [0.4, 0.5) is 0 Å². The molecule has 0 spiro atoms. The predicted molar refractivity (Wildman–Crippen MR) is 77.8 cm³/mol. The number of aromatic nitrogens is 1. The van der Waals surface area contributed by atoms with Crippen LogP contribution in [0.1, 0.15) is 15.9 Å². The van der Waals surface area contributed by atoms with E-state index in [9.17, 15) is 4.79 Å². The molecule has 2 heteroatoms. The monoisotopic (exact) mass is 260 g/mol. The number of nitrogens with zero attached hydrogens (tertiary/aromatic N) is 1. The molecule has 96 valence electrons. The third-order valence-corrected chi connectivity index (χ3v) is 3.18. The minimum Gasteiger partial charge on any atom is -0.289 e. The van der Waals surface area contributed by atoms with Gasteiger partial charge in [-0.15, -0.1) is 0 Å². The van der Waals surface area contributed by atoms with Crippen LogP contribution in [-0.2, 0) is 0 Å². The third-order valence-electron chi connectivity index (χ3n) is 3.18. The molecule has 0 bridgehead atoms. The van der Waals surface area contributed by atoms with Gasteiger partial charge >= 0.3 is 0 Å². The molecule has 0 fully saturated rings. The second-order valence-corrected chi connectivity index (χ2v) is 4.52. The first-order valence-corrected chi connectivity index (χ1v) is 6.51. The van der Waals surface area contributed by atoms with E-state index in [1.54, 1.807) is 0 Å². The SMILES string of the molecule is O=C(c1ccccc1)c1ccc(-[n+]2ccccc2)cc1. The van der Waals surface area contributed by atoms with E-state index in [1.165, 1.54) is 0 Å². The van der Waals surface area contributed by atoms with E-state index in [-0.39, 0.29) is 5.78 Å². The van der Waals surface area contributed by atoms with Gasteiger partial charge in [-0.25, -0.2) is 0 Å². The molecular formula is C18H14NO+. The second kappa shape index (κ2) is 5.49. The van der Waals surface area contributed by atoms with Gasteiger partial charge < -0.3 is 0 Å². The zero-order valence-electron chi connectivity index (χ0n) is 10.9. The van der Waals surface area contributed by atoms with Gasteiger partial charge in [0, 0.05) is 35.4 Å². The lowest BCUT2D eigenvalue weighted by atomic mass is 10.0. The van der Waals surface area contributed by atoms with Gasteiger partial charge in [-0.3, -0.25) is 4.79 Å². The number of hydrogen-bond donors (Lipinski definition) is 0. The molecule has 0 amide bonds. The van der Waals surface area contributed by atoms with Crippen molar-refractivity contribution in [3.8, 4) is 5.69 Å². The molecule has 0 saturated carbocycles. The van der Waals surface area contributed by atoms with Crippen LogP contribution in [0.15, 0.2) is 85.2 Å². The fourth-order valence-electron chi connectivity index (χ4n) is 2.11. The van der Waals surface area contributed by atoms with Crippen molar-refractivity contribution in [3.05, 3.63) is 96.3 Å². The largest absolute Gasteiger partial charge is 0.289 e. The van der Waals surface area contributed by atoms with Gasteiger partial charge in [0.2, 0.25) is 5.69 Å². The number of hydrogen-bond acceptors (Lipinski definition) is 1. The lowest BCUT2D eigenvalue weighted by molar-refractivity contribution is -0.595. The summed E-state index contributed by atoms with van der Waals surface area (Å²) in [5.74, 6) is 0.0511. The Morgan fingerprint density at radius 2 is 1.20 bits per heavy atom. The van der Waals surface area contributed by atoms with Gasteiger partial charge in [-0.2, -0.15) is 4.57 Å². The first-order chi connectivity index (χ1) is 9.84. The lowest BCUT2D eigenvalue weighted by Gasteiger charge is -2.01. The molecule has 1 heterocycles. The summed E-state index contributed by atoms with van der Waals surface area (Å²) < 4.78 is 2.01. The average Bonchev–Trinajstić information content (AvgIpc) is 2.56. The van der Waals surface area contributed by atoms with Crippen molar-refractivity contribution < 1.29 is 9.36 Å². The molecule has 3 rings (SSSR count). The maximum atomic E-state index is 12.3. The van der Waals surface area contributed by atoms with Crippen LogP contribution < -0.4 is 4.57 Å². The van der Waals surface area contributed by atoms with Gasteiger partial charge in [-0.1, -0.05) is 36.4 Å². The highest BCUT2D eigenvalue weighted by atomic mass is 16.1. The maximum Gasteiger partial charge on any atom is 0.210 e. The molecule has 20 heavy (non-hydrogen) atoms. The number of pyridine rings is 1. The quantitative estimate of drug-likeness (QED) is 0.523. The van der Waals surface area contributed by atoms with Crippen molar-refractivity contribution in [2.45, 2.75) is 0 Å². The summed E-state index contributed by atoms with van der Waals surface area (Å²) >= 11 is 0. The van der Waals surface area contributed by atoms with Crippen molar-refractivity contribution in [2.24, 2.45) is 0 Å². The Kier molecular flexibility index (Phi) is 3.38. The van der Waals surface area contributed by atoms with Gasteiger partial charge in [-0.05, 0) is 12.1 Å². The summed E-state index contributed by atoms with van der Waals surface area (Å²) in [7, 11) is 0. The van der Waals surface area contributed by atoms with E-state index in [2.05, 4.69) is 0 Å². The van der Waals surface area contributed by atoms with Gasteiger partial charge in [0.05, 0.1) is 0 Å². The lowest BCUT2D eigenvalue weighted by Crippen LogP contribution is -2.28. The molecule has 0 N–H and O–H groups in total. The molecular weight excluding hydrogens is 246 g/mol. The highest BCUT2D eigenvalue weighted by Crippen LogP contribution is 2.11.